The lowest BCUT2D eigenvalue weighted by atomic mass is 9.76. The fourth-order valence-electron chi connectivity index (χ4n) is 2.36. The molecule has 0 amide bonds. The summed E-state index contributed by atoms with van der Waals surface area (Å²) in [5.74, 6) is -1.21. The normalized spacial score (nSPS) is 58.1. The van der Waals surface area contributed by atoms with Gasteiger partial charge in [0.1, 0.15) is 6.23 Å². The first-order valence-electron chi connectivity index (χ1n) is 5.25. The molecule has 0 aromatic rings. The maximum Gasteiger partial charge on any atom is 0.204 e. The van der Waals surface area contributed by atoms with E-state index in [0.29, 0.717) is 0 Å². The zero-order valence-electron chi connectivity index (χ0n) is 8.95. The summed E-state index contributed by atoms with van der Waals surface area (Å²) in [5, 5.41) is 0. The number of ether oxygens (including phenoxy) is 2. The highest BCUT2D eigenvalue weighted by molar-refractivity contribution is 5.14. The maximum atomic E-state index is 5.98. The van der Waals surface area contributed by atoms with E-state index < -0.39 is 42.2 Å². The molecule has 1 aliphatic heterocycles. The molecule has 8 heteroatoms. The Morgan fingerprint density at radius 2 is 1.31 bits per heavy atom. The van der Waals surface area contributed by atoms with E-state index in [4.69, 9.17) is 43.9 Å². The summed E-state index contributed by atoms with van der Waals surface area (Å²) in [6.07, 6.45) is -0.564. The summed E-state index contributed by atoms with van der Waals surface area (Å²) in [7, 11) is 0. The van der Waals surface area contributed by atoms with Gasteiger partial charge < -0.3 is 43.9 Å². The van der Waals surface area contributed by atoms with E-state index in [-0.39, 0.29) is 6.61 Å². The lowest BCUT2D eigenvalue weighted by Crippen LogP contribution is -2.81. The van der Waals surface area contributed by atoms with Gasteiger partial charge in [0.25, 0.3) is 0 Å². The van der Waals surface area contributed by atoms with Crippen molar-refractivity contribution in [2.24, 2.45) is 34.4 Å². The van der Waals surface area contributed by atoms with Crippen LogP contribution < -0.4 is 34.4 Å². The second-order valence-corrected chi connectivity index (χ2v) is 4.47. The first-order valence-corrected chi connectivity index (χ1v) is 5.25. The van der Waals surface area contributed by atoms with E-state index in [2.05, 4.69) is 0 Å². The van der Waals surface area contributed by atoms with E-state index in [0.717, 1.165) is 0 Å². The minimum atomic E-state index is -1.21. The second kappa shape index (κ2) is 3.86. The molecule has 94 valence electrons. The Labute approximate surface area is 93.5 Å². The Balaban J connectivity index is 2.30. The van der Waals surface area contributed by atoms with Gasteiger partial charge in [-0.25, -0.2) is 0 Å². The van der Waals surface area contributed by atoms with Crippen molar-refractivity contribution in [1.82, 2.24) is 0 Å². The third-order valence-electron chi connectivity index (χ3n) is 3.46. The van der Waals surface area contributed by atoms with Crippen LogP contribution in [0.4, 0.5) is 0 Å². The zero-order valence-corrected chi connectivity index (χ0v) is 8.95. The summed E-state index contributed by atoms with van der Waals surface area (Å²) in [6.45, 7) is 0.218. The lowest BCUT2D eigenvalue weighted by molar-refractivity contribution is -0.216. The van der Waals surface area contributed by atoms with E-state index in [1.54, 1.807) is 0 Å². The SMILES string of the molecule is NC1COC2(O1)C(N)C(N)C(N)C(N)C2N. The number of hydrogen-bond acceptors (Lipinski definition) is 8. The average molecular weight is 232 g/mol. The van der Waals surface area contributed by atoms with Gasteiger partial charge in [-0.2, -0.15) is 0 Å². The van der Waals surface area contributed by atoms with Crippen LogP contribution in [0.15, 0.2) is 0 Å². The quantitative estimate of drug-likeness (QED) is 0.243. The van der Waals surface area contributed by atoms with Gasteiger partial charge in [0.15, 0.2) is 0 Å². The van der Waals surface area contributed by atoms with Gasteiger partial charge in [-0.3, -0.25) is 0 Å². The maximum absolute atomic E-state index is 5.98. The fourth-order valence-corrected chi connectivity index (χ4v) is 2.36. The molecular weight excluding hydrogens is 212 g/mol. The Morgan fingerprint density at radius 3 is 1.69 bits per heavy atom. The summed E-state index contributed by atoms with van der Waals surface area (Å²) >= 11 is 0. The Morgan fingerprint density at radius 1 is 0.812 bits per heavy atom. The molecule has 1 heterocycles. The molecule has 1 spiro atoms. The molecule has 0 radical (unpaired) electrons. The van der Waals surface area contributed by atoms with Gasteiger partial charge in [-0.05, 0) is 0 Å². The fraction of sp³-hybridized carbons (Fsp3) is 1.00. The highest BCUT2D eigenvalue weighted by atomic mass is 16.8. The molecule has 5 atom stereocenters. The van der Waals surface area contributed by atoms with Crippen LogP contribution in [0.25, 0.3) is 0 Å². The molecule has 16 heavy (non-hydrogen) atoms. The first-order chi connectivity index (χ1) is 7.40. The van der Waals surface area contributed by atoms with Gasteiger partial charge in [0, 0.05) is 18.1 Å². The van der Waals surface area contributed by atoms with E-state index >= 15 is 0 Å². The molecule has 1 saturated heterocycles. The van der Waals surface area contributed by atoms with Crippen LogP contribution in [0.2, 0.25) is 0 Å². The molecule has 0 aromatic carbocycles. The van der Waals surface area contributed by atoms with E-state index in [9.17, 15) is 0 Å². The monoisotopic (exact) mass is 232 g/mol. The smallest absolute Gasteiger partial charge is 0.204 e. The Bertz CT molecular complexity index is 261. The van der Waals surface area contributed by atoms with E-state index in [1.807, 2.05) is 0 Å². The van der Waals surface area contributed by atoms with Crippen molar-refractivity contribution in [2.45, 2.75) is 42.2 Å². The van der Waals surface area contributed by atoms with Gasteiger partial charge in [0.05, 0.1) is 18.7 Å². The predicted molar refractivity (Wildman–Crippen MR) is 57.6 cm³/mol. The number of hydrogen-bond donors (Lipinski definition) is 6. The predicted octanol–water partition coefficient (Wildman–Crippen LogP) is -4.34. The molecule has 0 aromatic heterocycles. The van der Waals surface area contributed by atoms with Gasteiger partial charge in [-0.1, -0.05) is 0 Å². The topological polar surface area (TPSA) is 175 Å². The summed E-state index contributed by atoms with van der Waals surface area (Å²) in [6, 6.07) is -2.86. The van der Waals surface area contributed by atoms with Crippen LogP contribution in [0.5, 0.6) is 0 Å². The van der Waals surface area contributed by atoms with Crippen LogP contribution in [0.3, 0.4) is 0 Å². The molecule has 8 nitrogen and oxygen atoms in total. The third-order valence-corrected chi connectivity index (χ3v) is 3.46. The van der Waals surface area contributed by atoms with Crippen LogP contribution in [0, 0.1) is 0 Å². The Kier molecular flexibility index (Phi) is 2.93. The summed E-state index contributed by atoms with van der Waals surface area (Å²) in [5.41, 5.74) is 35.2. The minimum Gasteiger partial charge on any atom is -0.343 e. The van der Waals surface area contributed by atoms with Crippen molar-refractivity contribution in [3.8, 4) is 0 Å². The van der Waals surface area contributed by atoms with E-state index in [1.165, 1.54) is 0 Å². The van der Waals surface area contributed by atoms with Crippen LogP contribution in [-0.4, -0.2) is 48.8 Å². The van der Waals surface area contributed by atoms with Crippen molar-refractivity contribution in [3.63, 3.8) is 0 Å². The lowest BCUT2D eigenvalue weighted by Gasteiger charge is -2.50. The second-order valence-electron chi connectivity index (χ2n) is 4.47. The van der Waals surface area contributed by atoms with Crippen LogP contribution in [-0.2, 0) is 9.47 Å². The summed E-state index contributed by atoms with van der Waals surface area (Å²) in [4.78, 5) is 0. The average Bonchev–Trinajstić information content (AvgIpc) is 2.66. The molecule has 5 unspecified atom stereocenters. The molecule has 2 fully saturated rings. The number of nitrogens with two attached hydrogens (primary N) is 6. The zero-order chi connectivity index (χ0) is 12.1. The summed E-state index contributed by atoms with van der Waals surface area (Å²) < 4.78 is 11.0. The molecule has 12 N–H and O–H groups in total. The van der Waals surface area contributed by atoms with Crippen molar-refractivity contribution >= 4 is 0 Å². The molecular formula is C8H20N6O2. The van der Waals surface area contributed by atoms with Gasteiger partial charge in [0.2, 0.25) is 5.79 Å². The van der Waals surface area contributed by atoms with Crippen LogP contribution >= 0.6 is 0 Å². The third kappa shape index (κ3) is 1.47. The largest absolute Gasteiger partial charge is 0.343 e. The highest BCUT2D eigenvalue weighted by Crippen LogP contribution is 2.34. The first kappa shape index (κ1) is 12.1. The van der Waals surface area contributed by atoms with Crippen LogP contribution in [0.1, 0.15) is 0 Å². The van der Waals surface area contributed by atoms with Crippen molar-refractivity contribution < 1.29 is 9.47 Å². The molecule has 0 bridgehead atoms. The van der Waals surface area contributed by atoms with Gasteiger partial charge in [-0.15, -0.1) is 0 Å². The molecule has 2 rings (SSSR count). The molecule has 1 aliphatic carbocycles. The van der Waals surface area contributed by atoms with Gasteiger partial charge >= 0.3 is 0 Å². The van der Waals surface area contributed by atoms with Crippen molar-refractivity contribution in [1.29, 1.82) is 0 Å². The molecule has 1 saturated carbocycles. The molecule has 2 aliphatic rings. The van der Waals surface area contributed by atoms with Crippen molar-refractivity contribution in [3.05, 3.63) is 0 Å². The Hall–Kier alpha value is -0.320. The number of rotatable bonds is 0. The standard InChI is InChI=1S/C8H20N6O2/c9-2-1-15-8(16-2)6(13)4(11)3(10)5(12)7(8)14/h2-7H,1,9-14H2. The highest BCUT2D eigenvalue weighted by Gasteiger charge is 2.59. The minimum absolute atomic E-state index is 0.218. The van der Waals surface area contributed by atoms with Crippen molar-refractivity contribution in [2.75, 3.05) is 6.61 Å².